The second-order valence-electron chi connectivity index (χ2n) is 5.44. The number of rotatable bonds is 6. The average Bonchev–Trinajstić information content (AvgIpc) is 3.38. The molecule has 5 heteroatoms. The largest absolute Gasteiger partial charge is 0.349 e. The monoisotopic (exact) mass is 326 g/mol. The molecular weight excluding hydrogens is 308 g/mol. The van der Waals surface area contributed by atoms with Gasteiger partial charge in [0, 0.05) is 10.9 Å². The summed E-state index contributed by atoms with van der Waals surface area (Å²) in [5.74, 6) is 0.0624. The van der Waals surface area contributed by atoms with Gasteiger partial charge in [0.15, 0.2) is 0 Å². The molecule has 1 aliphatic carbocycles. The molecule has 0 aromatic heterocycles. The van der Waals surface area contributed by atoms with E-state index in [1.807, 2.05) is 36.4 Å². The van der Waals surface area contributed by atoms with Crippen LogP contribution in [-0.4, -0.2) is 23.6 Å². The predicted octanol–water partition coefficient (Wildman–Crippen LogP) is 3.31. The molecule has 1 saturated carbocycles. The van der Waals surface area contributed by atoms with E-state index in [9.17, 15) is 9.59 Å². The van der Waals surface area contributed by atoms with Crippen molar-refractivity contribution in [2.75, 3.05) is 11.1 Å². The number of thioether (sulfide) groups is 1. The first kappa shape index (κ1) is 15.6. The Morgan fingerprint density at radius 2 is 1.70 bits per heavy atom. The standard InChI is InChI=1S/C18H18N2O2S/c21-17(12-23-14-6-2-1-3-7-14)20-16-9-5-4-8-15(16)18(22)19-13-10-11-13/h1-9,13H,10-12H2,(H,19,22)(H,20,21). The van der Waals surface area contributed by atoms with Crippen molar-refractivity contribution in [1.29, 1.82) is 0 Å². The number of carbonyl (C=O) groups is 2. The van der Waals surface area contributed by atoms with Gasteiger partial charge >= 0.3 is 0 Å². The van der Waals surface area contributed by atoms with Gasteiger partial charge in [-0.25, -0.2) is 0 Å². The summed E-state index contributed by atoms with van der Waals surface area (Å²) in [5, 5.41) is 5.78. The molecular formula is C18H18N2O2S. The Morgan fingerprint density at radius 1 is 1.00 bits per heavy atom. The number of anilines is 1. The predicted molar refractivity (Wildman–Crippen MR) is 92.7 cm³/mol. The van der Waals surface area contributed by atoms with Crippen molar-refractivity contribution in [1.82, 2.24) is 5.32 Å². The molecule has 3 rings (SSSR count). The third-order valence-corrected chi connectivity index (χ3v) is 4.48. The molecule has 0 unspecified atom stereocenters. The first-order valence-corrected chi connectivity index (χ1v) is 8.58. The van der Waals surface area contributed by atoms with Gasteiger partial charge in [0.05, 0.1) is 17.0 Å². The van der Waals surface area contributed by atoms with Crippen molar-refractivity contribution >= 4 is 29.3 Å². The van der Waals surface area contributed by atoms with E-state index in [0.717, 1.165) is 17.7 Å². The van der Waals surface area contributed by atoms with Gasteiger partial charge in [0.2, 0.25) is 5.91 Å². The number of carbonyl (C=O) groups excluding carboxylic acids is 2. The van der Waals surface area contributed by atoms with Crippen LogP contribution in [0.4, 0.5) is 5.69 Å². The zero-order valence-corrected chi connectivity index (χ0v) is 13.4. The van der Waals surface area contributed by atoms with Crippen LogP contribution in [0, 0.1) is 0 Å². The summed E-state index contributed by atoms with van der Waals surface area (Å²) < 4.78 is 0. The van der Waals surface area contributed by atoms with E-state index in [2.05, 4.69) is 10.6 Å². The van der Waals surface area contributed by atoms with E-state index in [0.29, 0.717) is 23.0 Å². The van der Waals surface area contributed by atoms with Crippen LogP contribution < -0.4 is 10.6 Å². The third kappa shape index (κ3) is 4.60. The Labute approximate surface area is 139 Å². The molecule has 2 N–H and O–H groups in total. The molecule has 118 valence electrons. The fourth-order valence-corrected chi connectivity index (χ4v) is 2.85. The smallest absolute Gasteiger partial charge is 0.253 e. The highest BCUT2D eigenvalue weighted by Gasteiger charge is 2.24. The van der Waals surface area contributed by atoms with Gasteiger partial charge in [0.1, 0.15) is 0 Å². The molecule has 0 saturated heterocycles. The number of para-hydroxylation sites is 1. The Balaban J connectivity index is 1.60. The average molecular weight is 326 g/mol. The van der Waals surface area contributed by atoms with Crippen molar-refractivity contribution in [2.24, 2.45) is 0 Å². The third-order valence-electron chi connectivity index (χ3n) is 3.47. The number of hydrogen-bond acceptors (Lipinski definition) is 3. The lowest BCUT2D eigenvalue weighted by Gasteiger charge is -2.11. The summed E-state index contributed by atoms with van der Waals surface area (Å²) in [6.07, 6.45) is 2.07. The number of nitrogens with one attached hydrogen (secondary N) is 2. The van der Waals surface area contributed by atoms with Crippen LogP contribution in [0.2, 0.25) is 0 Å². The Kier molecular flexibility index (Phi) is 4.98. The number of amides is 2. The van der Waals surface area contributed by atoms with Crippen LogP contribution in [0.25, 0.3) is 0 Å². The zero-order chi connectivity index (χ0) is 16.1. The fraction of sp³-hybridized carbons (Fsp3) is 0.222. The lowest BCUT2D eigenvalue weighted by molar-refractivity contribution is -0.113. The van der Waals surface area contributed by atoms with Gasteiger partial charge in [-0.15, -0.1) is 11.8 Å². The van der Waals surface area contributed by atoms with E-state index in [-0.39, 0.29) is 11.8 Å². The van der Waals surface area contributed by atoms with Crippen LogP contribution >= 0.6 is 11.8 Å². The van der Waals surface area contributed by atoms with Crippen molar-refractivity contribution in [3.8, 4) is 0 Å². The molecule has 2 amide bonds. The highest BCUT2D eigenvalue weighted by atomic mass is 32.2. The lowest BCUT2D eigenvalue weighted by atomic mass is 10.1. The minimum absolute atomic E-state index is 0.120. The fourth-order valence-electron chi connectivity index (χ4n) is 2.13. The van der Waals surface area contributed by atoms with E-state index in [1.54, 1.807) is 18.2 Å². The van der Waals surface area contributed by atoms with Crippen LogP contribution in [-0.2, 0) is 4.79 Å². The van der Waals surface area contributed by atoms with Gasteiger partial charge < -0.3 is 10.6 Å². The van der Waals surface area contributed by atoms with Crippen LogP contribution in [0.3, 0.4) is 0 Å². The topological polar surface area (TPSA) is 58.2 Å². The molecule has 1 fully saturated rings. The quantitative estimate of drug-likeness (QED) is 0.801. The minimum Gasteiger partial charge on any atom is -0.349 e. The number of hydrogen-bond donors (Lipinski definition) is 2. The molecule has 2 aromatic carbocycles. The minimum atomic E-state index is -0.126. The highest BCUT2D eigenvalue weighted by Crippen LogP contribution is 2.22. The van der Waals surface area contributed by atoms with E-state index in [4.69, 9.17) is 0 Å². The van der Waals surface area contributed by atoms with Gasteiger partial charge in [-0.1, -0.05) is 30.3 Å². The van der Waals surface area contributed by atoms with Crippen LogP contribution in [0.1, 0.15) is 23.2 Å². The van der Waals surface area contributed by atoms with Crippen molar-refractivity contribution < 1.29 is 9.59 Å². The summed E-state index contributed by atoms with van der Waals surface area (Å²) in [7, 11) is 0. The molecule has 1 aliphatic rings. The molecule has 0 aliphatic heterocycles. The summed E-state index contributed by atoms with van der Waals surface area (Å²) in [5.41, 5.74) is 1.07. The summed E-state index contributed by atoms with van der Waals surface area (Å²) in [6.45, 7) is 0. The Bertz CT molecular complexity index is 699. The van der Waals surface area contributed by atoms with Crippen LogP contribution in [0.15, 0.2) is 59.5 Å². The maximum absolute atomic E-state index is 12.2. The van der Waals surface area contributed by atoms with Gasteiger partial charge in [0.25, 0.3) is 5.91 Å². The van der Waals surface area contributed by atoms with E-state index >= 15 is 0 Å². The molecule has 23 heavy (non-hydrogen) atoms. The molecule has 4 nitrogen and oxygen atoms in total. The Morgan fingerprint density at radius 3 is 2.43 bits per heavy atom. The zero-order valence-electron chi connectivity index (χ0n) is 12.6. The van der Waals surface area contributed by atoms with Crippen molar-refractivity contribution in [2.45, 2.75) is 23.8 Å². The van der Waals surface area contributed by atoms with Gasteiger partial charge in [-0.2, -0.15) is 0 Å². The molecule has 0 radical (unpaired) electrons. The van der Waals surface area contributed by atoms with Gasteiger partial charge in [-0.05, 0) is 37.1 Å². The van der Waals surface area contributed by atoms with Crippen molar-refractivity contribution in [3.63, 3.8) is 0 Å². The van der Waals surface area contributed by atoms with E-state index < -0.39 is 0 Å². The SMILES string of the molecule is O=C(CSc1ccccc1)Nc1ccccc1C(=O)NC1CC1. The first-order valence-electron chi connectivity index (χ1n) is 7.60. The molecule has 0 bridgehead atoms. The van der Waals surface area contributed by atoms with Gasteiger partial charge in [-0.3, -0.25) is 9.59 Å². The van der Waals surface area contributed by atoms with E-state index in [1.165, 1.54) is 11.8 Å². The lowest BCUT2D eigenvalue weighted by Crippen LogP contribution is -2.27. The summed E-state index contributed by atoms with van der Waals surface area (Å²) in [6, 6.07) is 17.2. The summed E-state index contributed by atoms with van der Waals surface area (Å²) >= 11 is 1.47. The molecule has 0 spiro atoms. The normalized spacial score (nSPS) is 13.4. The highest BCUT2D eigenvalue weighted by molar-refractivity contribution is 8.00. The maximum Gasteiger partial charge on any atom is 0.253 e. The Hall–Kier alpha value is -2.27. The number of benzene rings is 2. The first-order chi connectivity index (χ1) is 11.2. The second-order valence-corrected chi connectivity index (χ2v) is 6.49. The summed E-state index contributed by atoms with van der Waals surface area (Å²) in [4.78, 5) is 25.4. The molecule has 0 heterocycles. The molecule has 0 atom stereocenters. The second kappa shape index (κ2) is 7.33. The molecule has 2 aromatic rings. The van der Waals surface area contributed by atoms with Crippen molar-refractivity contribution in [3.05, 3.63) is 60.2 Å². The van der Waals surface area contributed by atoms with Crippen LogP contribution in [0.5, 0.6) is 0 Å². The maximum atomic E-state index is 12.2.